The number of nitrogens with one attached hydrogen (secondary N) is 2. The molecular formula is C17H16N4O3. The number of pyridine rings is 1. The Morgan fingerprint density at radius 1 is 1.33 bits per heavy atom. The molecule has 0 spiro atoms. The first kappa shape index (κ1) is 15.7. The number of hydrogen-bond donors (Lipinski definition) is 2. The van der Waals surface area contributed by atoms with Gasteiger partial charge in [-0.3, -0.25) is 14.6 Å². The summed E-state index contributed by atoms with van der Waals surface area (Å²) in [6.07, 6.45) is 4.76. The fourth-order valence-electron chi connectivity index (χ4n) is 2.28. The van der Waals surface area contributed by atoms with Crippen molar-refractivity contribution >= 4 is 5.91 Å². The highest BCUT2D eigenvalue weighted by molar-refractivity contribution is 5.78. The van der Waals surface area contributed by atoms with E-state index >= 15 is 0 Å². The molecular weight excluding hydrogens is 308 g/mol. The Bertz CT molecular complexity index is 886. The second kappa shape index (κ2) is 6.91. The maximum absolute atomic E-state index is 12.3. The van der Waals surface area contributed by atoms with Crippen molar-refractivity contribution in [3.05, 3.63) is 70.3 Å². The molecule has 0 saturated carbocycles. The fourth-order valence-corrected chi connectivity index (χ4v) is 2.28. The van der Waals surface area contributed by atoms with Crippen LogP contribution >= 0.6 is 0 Å². The number of rotatable bonds is 5. The fraction of sp³-hybridized carbons (Fsp3) is 0.176. The average Bonchev–Trinajstić information content (AvgIpc) is 3.10. The van der Waals surface area contributed by atoms with E-state index in [1.165, 1.54) is 6.26 Å². The molecule has 3 aromatic heterocycles. The van der Waals surface area contributed by atoms with E-state index in [0.717, 1.165) is 0 Å². The van der Waals surface area contributed by atoms with Gasteiger partial charge in [0, 0.05) is 29.2 Å². The summed E-state index contributed by atoms with van der Waals surface area (Å²) >= 11 is 0. The standard InChI is InChI=1S/C17H16N4O3/c1-11-14(8-15(22)19-10-13-5-3-7-24-13)17(23)21-16(20-11)12-4-2-6-18-9-12/h2-7,9H,8,10H2,1H3,(H,19,22)(H,20,21,23). The Kier molecular flexibility index (Phi) is 4.51. The van der Waals surface area contributed by atoms with Crippen molar-refractivity contribution in [3.8, 4) is 11.4 Å². The Balaban J connectivity index is 1.74. The number of aromatic nitrogens is 3. The van der Waals surface area contributed by atoms with Gasteiger partial charge in [0.2, 0.25) is 5.91 Å². The van der Waals surface area contributed by atoms with Crippen LogP contribution in [0.3, 0.4) is 0 Å². The van der Waals surface area contributed by atoms with Gasteiger partial charge in [-0.25, -0.2) is 4.98 Å². The molecule has 0 unspecified atom stereocenters. The highest BCUT2D eigenvalue weighted by Gasteiger charge is 2.13. The lowest BCUT2D eigenvalue weighted by Crippen LogP contribution is -2.28. The van der Waals surface area contributed by atoms with Crippen LogP contribution in [0, 0.1) is 6.92 Å². The second-order valence-electron chi connectivity index (χ2n) is 5.25. The van der Waals surface area contributed by atoms with E-state index in [-0.39, 0.29) is 24.4 Å². The van der Waals surface area contributed by atoms with Gasteiger partial charge in [0.1, 0.15) is 11.6 Å². The largest absolute Gasteiger partial charge is 0.467 e. The zero-order valence-corrected chi connectivity index (χ0v) is 13.1. The highest BCUT2D eigenvalue weighted by Crippen LogP contribution is 2.12. The summed E-state index contributed by atoms with van der Waals surface area (Å²) in [6.45, 7) is 1.99. The third kappa shape index (κ3) is 3.57. The van der Waals surface area contributed by atoms with Crippen molar-refractivity contribution in [2.75, 3.05) is 0 Å². The Morgan fingerprint density at radius 2 is 2.21 bits per heavy atom. The zero-order valence-electron chi connectivity index (χ0n) is 13.1. The normalized spacial score (nSPS) is 10.5. The number of amides is 1. The topological polar surface area (TPSA) is 101 Å². The lowest BCUT2D eigenvalue weighted by Gasteiger charge is -2.07. The maximum atomic E-state index is 12.3. The molecule has 1 amide bonds. The third-order valence-corrected chi connectivity index (χ3v) is 3.53. The van der Waals surface area contributed by atoms with Gasteiger partial charge in [0.05, 0.1) is 19.2 Å². The van der Waals surface area contributed by atoms with E-state index in [2.05, 4.69) is 20.3 Å². The minimum absolute atomic E-state index is 0.0395. The lowest BCUT2D eigenvalue weighted by atomic mass is 10.1. The van der Waals surface area contributed by atoms with E-state index in [4.69, 9.17) is 4.42 Å². The van der Waals surface area contributed by atoms with Crippen LogP contribution in [0.5, 0.6) is 0 Å². The summed E-state index contributed by atoms with van der Waals surface area (Å²) in [5.74, 6) is 0.820. The minimum Gasteiger partial charge on any atom is -0.467 e. The summed E-state index contributed by atoms with van der Waals surface area (Å²) in [5.41, 5.74) is 1.26. The van der Waals surface area contributed by atoms with Crippen LogP contribution in [0.4, 0.5) is 0 Å². The second-order valence-corrected chi connectivity index (χ2v) is 5.25. The first-order valence-electron chi connectivity index (χ1n) is 7.43. The van der Waals surface area contributed by atoms with Crippen LogP contribution in [0.25, 0.3) is 11.4 Å². The smallest absolute Gasteiger partial charge is 0.255 e. The summed E-state index contributed by atoms with van der Waals surface area (Å²) in [6, 6.07) is 7.08. The first-order chi connectivity index (χ1) is 11.6. The minimum atomic E-state index is -0.325. The molecule has 0 aliphatic heterocycles. The van der Waals surface area contributed by atoms with E-state index in [0.29, 0.717) is 28.4 Å². The average molecular weight is 324 g/mol. The van der Waals surface area contributed by atoms with Crippen molar-refractivity contribution in [3.63, 3.8) is 0 Å². The van der Waals surface area contributed by atoms with Crippen LogP contribution in [0.2, 0.25) is 0 Å². The highest BCUT2D eigenvalue weighted by atomic mass is 16.3. The van der Waals surface area contributed by atoms with Gasteiger partial charge in [0.25, 0.3) is 5.56 Å². The Labute approximate surface area is 137 Å². The van der Waals surface area contributed by atoms with E-state index in [1.807, 2.05) is 0 Å². The number of carbonyl (C=O) groups excluding carboxylic acids is 1. The molecule has 0 aromatic carbocycles. The number of nitrogens with zero attached hydrogens (tertiary/aromatic N) is 2. The van der Waals surface area contributed by atoms with Crippen LogP contribution in [-0.2, 0) is 17.8 Å². The Morgan fingerprint density at radius 3 is 2.88 bits per heavy atom. The molecule has 3 rings (SSSR count). The molecule has 3 aromatic rings. The lowest BCUT2D eigenvalue weighted by molar-refractivity contribution is -0.120. The number of furan rings is 1. The summed E-state index contributed by atoms with van der Waals surface area (Å²) in [5, 5.41) is 2.71. The summed E-state index contributed by atoms with van der Waals surface area (Å²) in [4.78, 5) is 35.4. The predicted octanol–water partition coefficient (Wildman–Crippen LogP) is 1.59. The molecule has 0 bridgehead atoms. The number of carbonyl (C=O) groups is 1. The van der Waals surface area contributed by atoms with Crippen molar-refractivity contribution in [1.82, 2.24) is 20.3 Å². The van der Waals surface area contributed by atoms with Crippen molar-refractivity contribution in [1.29, 1.82) is 0 Å². The van der Waals surface area contributed by atoms with Crippen LogP contribution in [0.1, 0.15) is 17.0 Å². The van der Waals surface area contributed by atoms with Crippen molar-refractivity contribution in [2.45, 2.75) is 19.9 Å². The number of aromatic amines is 1. The summed E-state index contributed by atoms with van der Waals surface area (Å²) in [7, 11) is 0. The van der Waals surface area contributed by atoms with E-state index < -0.39 is 0 Å². The van der Waals surface area contributed by atoms with Gasteiger partial charge >= 0.3 is 0 Å². The van der Waals surface area contributed by atoms with Crippen LogP contribution < -0.4 is 10.9 Å². The quantitative estimate of drug-likeness (QED) is 0.742. The van der Waals surface area contributed by atoms with Gasteiger partial charge in [-0.05, 0) is 31.2 Å². The van der Waals surface area contributed by atoms with E-state index in [1.54, 1.807) is 43.6 Å². The monoisotopic (exact) mass is 324 g/mol. The third-order valence-electron chi connectivity index (χ3n) is 3.53. The number of hydrogen-bond acceptors (Lipinski definition) is 5. The molecule has 0 aliphatic rings. The molecule has 7 heteroatoms. The molecule has 0 atom stereocenters. The Hall–Kier alpha value is -3.22. The van der Waals surface area contributed by atoms with Crippen molar-refractivity contribution in [2.24, 2.45) is 0 Å². The van der Waals surface area contributed by atoms with Gasteiger partial charge < -0.3 is 14.7 Å². The molecule has 0 fully saturated rings. The predicted molar refractivity (Wildman–Crippen MR) is 87.1 cm³/mol. The molecule has 122 valence electrons. The van der Waals surface area contributed by atoms with Gasteiger partial charge in [-0.15, -0.1) is 0 Å². The van der Waals surface area contributed by atoms with Gasteiger partial charge in [-0.2, -0.15) is 0 Å². The maximum Gasteiger partial charge on any atom is 0.255 e. The van der Waals surface area contributed by atoms with E-state index in [9.17, 15) is 9.59 Å². The van der Waals surface area contributed by atoms with Gasteiger partial charge in [-0.1, -0.05) is 0 Å². The zero-order chi connectivity index (χ0) is 16.9. The number of H-pyrrole nitrogens is 1. The molecule has 0 saturated heterocycles. The van der Waals surface area contributed by atoms with Crippen molar-refractivity contribution < 1.29 is 9.21 Å². The van der Waals surface area contributed by atoms with Crippen LogP contribution in [0.15, 0.2) is 52.1 Å². The molecule has 3 heterocycles. The molecule has 7 nitrogen and oxygen atoms in total. The molecule has 24 heavy (non-hydrogen) atoms. The summed E-state index contributed by atoms with van der Waals surface area (Å²) < 4.78 is 5.15. The SMILES string of the molecule is Cc1nc(-c2cccnc2)[nH]c(=O)c1CC(=O)NCc1ccco1. The van der Waals surface area contributed by atoms with Gasteiger partial charge in [0.15, 0.2) is 0 Å². The molecule has 0 radical (unpaired) electrons. The molecule has 2 N–H and O–H groups in total. The first-order valence-corrected chi connectivity index (χ1v) is 7.43. The number of aryl methyl sites for hydroxylation is 1. The van der Waals surface area contributed by atoms with Crippen LogP contribution in [-0.4, -0.2) is 20.9 Å². The molecule has 0 aliphatic carbocycles.